The van der Waals surface area contributed by atoms with Gasteiger partial charge in [0.05, 0.1) is 18.8 Å². The smallest absolute Gasteiger partial charge is 0.167 e. The largest absolute Gasteiger partial charge is 0.492 e. The average molecular weight is 222 g/mol. The molecule has 0 saturated heterocycles. The van der Waals surface area contributed by atoms with E-state index < -0.39 is 0 Å². The van der Waals surface area contributed by atoms with Crippen molar-refractivity contribution in [3.8, 4) is 5.75 Å². The van der Waals surface area contributed by atoms with Gasteiger partial charge in [0, 0.05) is 18.9 Å². The topological polar surface area (TPSA) is 66.8 Å². The summed E-state index contributed by atoms with van der Waals surface area (Å²) in [6, 6.07) is 5.07. The lowest BCUT2D eigenvalue weighted by molar-refractivity contribution is 0.0927. The fourth-order valence-corrected chi connectivity index (χ4v) is 1.78. The van der Waals surface area contributed by atoms with Crippen molar-refractivity contribution in [1.29, 1.82) is 0 Å². The lowest BCUT2D eigenvalue weighted by Gasteiger charge is -2.09. The second-order valence-electron chi connectivity index (χ2n) is 3.98. The van der Waals surface area contributed by atoms with Crippen LogP contribution in [0.25, 0.3) is 0 Å². The second-order valence-corrected chi connectivity index (χ2v) is 3.98. The number of benzene rings is 1. The summed E-state index contributed by atoms with van der Waals surface area (Å²) in [5.41, 5.74) is 1.20. The Hall–Kier alpha value is -1.39. The van der Waals surface area contributed by atoms with Gasteiger partial charge >= 0.3 is 0 Å². The Morgan fingerprint density at radius 3 is 2.88 bits per heavy atom. The molecule has 1 aromatic carbocycles. The molecule has 0 amide bonds. The minimum Gasteiger partial charge on any atom is -0.492 e. The van der Waals surface area contributed by atoms with Gasteiger partial charge < -0.3 is 14.9 Å². The maximum atomic E-state index is 11.9. The summed E-state index contributed by atoms with van der Waals surface area (Å²) in [5, 5.41) is 18.0. The molecule has 16 heavy (non-hydrogen) atoms. The van der Waals surface area contributed by atoms with Gasteiger partial charge in [-0.2, -0.15) is 0 Å². The van der Waals surface area contributed by atoms with Crippen LogP contribution in [-0.4, -0.2) is 29.2 Å². The quantitative estimate of drug-likeness (QED) is 0.775. The predicted molar refractivity (Wildman–Crippen MR) is 57.4 cm³/mol. The fraction of sp³-hybridized carbons (Fsp3) is 0.417. The van der Waals surface area contributed by atoms with Crippen LogP contribution in [0.15, 0.2) is 18.2 Å². The van der Waals surface area contributed by atoms with E-state index >= 15 is 0 Å². The zero-order chi connectivity index (χ0) is 11.5. The van der Waals surface area contributed by atoms with Crippen LogP contribution in [0.1, 0.15) is 22.3 Å². The van der Waals surface area contributed by atoms with Gasteiger partial charge in [-0.1, -0.05) is 6.07 Å². The van der Waals surface area contributed by atoms with E-state index in [1.807, 2.05) is 0 Å². The van der Waals surface area contributed by atoms with Crippen LogP contribution in [0.2, 0.25) is 0 Å². The van der Waals surface area contributed by atoms with Crippen molar-refractivity contribution in [2.24, 2.45) is 5.92 Å². The summed E-state index contributed by atoms with van der Waals surface area (Å²) in [6.45, 7) is 0.213. The Bertz CT molecular complexity index is 400. The van der Waals surface area contributed by atoms with E-state index in [1.165, 1.54) is 0 Å². The summed E-state index contributed by atoms with van der Waals surface area (Å²) in [5.74, 6) is 0.359. The SMILES string of the molecule is O=C1CC(CO)COc2ccc(CO)cc21. The summed E-state index contributed by atoms with van der Waals surface area (Å²) in [4.78, 5) is 11.9. The molecule has 0 fully saturated rings. The summed E-state index contributed by atoms with van der Waals surface area (Å²) in [7, 11) is 0. The highest BCUT2D eigenvalue weighted by Crippen LogP contribution is 2.27. The van der Waals surface area contributed by atoms with Crippen LogP contribution in [-0.2, 0) is 6.61 Å². The van der Waals surface area contributed by atoms with Crippen molar-refractivity contribution < 1.29 is 19.7 Å². The minimum absolute atomic E-state index is 0.0400. The number of carbonyl (C=O) groups excluding carboxylic acids is 1. The van der Waals surface area contributed by atoms with Crippen LogP contribution in [0.5, 0.6) is 5.75 Å². The molecular weight excluding hydrogens is 208 g/mol. The highest BCUT2D eigenvalue weighted by atomic mass is 16.5. The van der Waals surface area contributed by atoms with Gasteiger partial charge in [0.1, 0.15) is 5.75 Å². The summed E-state index contributed by atoms with van der Waals surface area (Å²) in [6.07, 6.45) is 0.290. The van der Waals surface area contributed by atoms with Crippen molar-refractivity contribution in [3.63, 3.8) is 0 Å². The molecule has 4 nitrogen and oxygen atoms in total. The predicted octanol–water partition coefficient (Wildman–Crippen LogP) is 0.753. The summed E-state index contributed by atoms with van der Waals surface area (Å²) < 4.78 is 5.46. The lowest BCUT2D eigenvalue weighted by atomic mass is 9.99. The van der Waals surface area contributed by atoms with Gasteiger partial charge in [-0.3, -0.25) is 4.79 Å². The van der Waals surface area contributed by atoms with Gasteiger partial charge in [-0.25, -0.2) is 0 Å². The number of hydrogen-bond acceptors (Lipinski definition) is 4. The molecule has 1 unspecified atom stereocenters. The zero-order valence-electron chi connectivity index (χ0n) is 8.85. The molecule has 1 aliphatic rings. The molecule has 0 saturated carbocycles. The van der Waals surface area contributed by atoms with Gasteiger partial charge in [0.15, 0.2) is 5.78 Å². The maximum Gasteiger partial charge on any atom is 0.167 e. The third kappa shape index (κ3) is 2.08. The van der Waals surface area contributed by atoms with Crippen molar-refractivity contribution in [1.82, 2.24) is 0 Å². The first-order valence-corrected chi connectivity index (χ1v) is 5.25. The van der Waals surface area contributed by atoms with Crippen molar-refractivity contribution in [2.75, 3.05) is 13.2 Å². The molecule has 0 aliphatic carbocycles. The lowest BCUT2D eigenvalue weighted by Crippen LogP contribution is -2.16. The number of aliphatic hydroxyl groups is 2. The molecular formula is C12H14O4. The maximum absolute atomic E-state index is 11.9. The molecule has 1 heterocycles. The molecule has 0 bridgehead atoms. The molecule has 0 radical (unpaired) electrons. The number of rotatable bonds is 2. The van der Waals surface area contributed by atoms with Crippen molar-refractivity contribution in [2.45, 2.75) is 13.0 Å². The van der Waals surface area contributed by atoms with E-state index in [-0.39, 0.29) is 24.9 Å². The van der Waals surface area contributed by atoms with E-state index in [9.17, 15) is 4.79 Å². The van der Waals surface area contributed by atoms with Crippen molar-refractivity contribution >= 4 is 5.78 Å². The van der Waals surface area contributed by atoms with E-state index in [1.54, 1.807) is 18.2 Å². The van der Waals surface area contributed by atoms with Crippen molar-refractivity contribution in [3.05, 3.63) is 29.3 Å². The normalized spacial score (nSPS) is 19.9. The number of Topliss-reactive ketones (excluding diaryl/α,β-unsaturated/α-hetero) is 1. The van der Waals surface area contributed by atoms with Crippen LogP contribution in [0.3, 0.4) is 0 Å². The van der Waals surface area contributed by atoms with Crippen LogP contribution < -0.4 is 4.74 Å². The molecule has 2 N–H and O–H groups in total. The zero-order valence-corrected chi connectivity index (χ0v) is 8.85. The molecule has 1 aliphatic heterocycles. The first-order chi connectivity index (χ1) is 7.74. The number of ether oxygens (including phenoxy) is 1. The fourth-order valence-electron chi connectivity index (χ4n) is 1.78. The molecule has 2 rings (SSSR count). The molecule has 0 spiro atoms. The Balaban J connectivity index is 2.34. The van der Waals surface area contributed by atoms with Crippen LogP contribution in [0, 0.1) is 5.92 Å². The van der Waals surface area contributed by atoms with E-state index in [2.05, 4.69) is 0 Å². The number of hydrogen-bond donors (Lipinski definition) is 2. The monoisotopic (exact) mass is 222 g/mol. The highest BCUT2D eigenvalue weighted by Gasteiger charge is 2.23. The molecule has 1 aromatic rings. The second kappa shape index (κ2) is 4.63. The Morgan fingerprint density at radius 2 is 2.19 bits per heavy atom. The molecule has 1 atom stereocenters. The number of aliphatic hydroxyl groups excluding tert-OH is 2. The molecule has 86 valence electrons. The van der Waals surface area contributed by atoms with Gasteiger partial charge in [-0.05, 0) is 17.7 Å². The Morgan fingerprint density at radius 1 is 1.38 bits per heavy atom. The number of ketones is 1. The summed E-state index contributed by atoms with van der Waals surface area (Å²) >= 11 is 0. The van der Waals surface area contributed by atoms with Gasteiger partial charge in [-0.15, -0.1) is 0 Å². The van der Waals surface area contributed by atoms with Crippen LogP contribution >= 0.6 is 0 Å². The van der Waals surface area contributed by atoms with E-state index in [0.717, 1.165) is 0 Å². The number of carbonyl (C=O) groups is 1. The molecule has 0 aromatic heterocycles. The van der Waals surface area contributed by atoms with E-state index in [4.69, 9.17) is 14.9 Å². The first-order valence-electron chi connectivity index (χ1n) is 5.25. The molecule has 4 heteroatoms. The first kappa shape index (κ1) is 11.1. The highest BCUT2D eigenvalue weighted by molar-refractivity contribution is 5.99. The third-order valence-corrected chi connectivity index (χ3v) is 2.73. The van der Waals surface area contributed by atoms with Crippen LogP contribution in [0.4, 0.5) is 0 Å². The standard InChI is InChI=1S/C12H14O4/c13-5-8-1-2-12-10(3-8)11(15)4-9(6-14)7-16-12/h1-3,9,13-14H,4-7H2. The average Bonchev–Trinajstić information content (AvgIpc) is 2.48. The Kier molecular flexibility index (Phi) is 3.22. The number of fused-ring (bicyclic) bond motifs is 1. The van der Waals surface area contributed by atoms with Gasteiger partial charge in [0.25, 0.3) is 0 Å². The third-order valence-electron chi connectivity index (χ3n) is 2.73. The van der Waals surface area contributed by atoms with Gasteiger partial charge in [0.2, 0.25) is 0 Å². The van der Waals surface area contributed by atoms with E-state index in [0.29, 0.717) is 29.9 Å². The Labute approximate surface area is 93.5 Å². The minimum atomic E-state index is -0.141.